The van der Waals surface area contributed by atoms with E-state index in [1.165, 1.54) is 6.08 Å². The van der Waals surface area contributed by atoms with Crippen molar-refractivity contribution in [2.75, 3.05) is 39.3 Å². The number of ketones is 2. The largest absolute Gasteiger partial charge is 0.480 e. The van der Waals surface area contributed by atoms with Crippen molar-refractivity contribution in [2.24, 2.45) is 5.41 Å². The Kier molecular flexibility index (Phi) is 6.81. The van der Waals surface area contributed by atoms with Crippen LogP contribution in [0.4, 0.5) is 0 Å². The van der Waals surface area contributed by atoms with E-state index >= 15 is 0 Å². The molecule has 0 amide bonds. The number of hydrogen-bond acceptors (Lipinski definition) is 7. The highest BCUT2D eigenvalue weighted by atomic mass is 27.0. The van der Waals surface area contributed by atoms with E-state index in [4.69, 9.17) is 10.2 Å². The van der Waals surface area contributed by atoms with Crippen LogP contribution in [0.1, 0.15) is 26.7 Å². The second-order valence-electron chi connectivity index (χ2n) is 7.28. The third-order valence-electron chi connectivity index (χ3n) is 5.51. The van der Waals surface area contributed by atoms with Gasteiger partial charge in [0.2, 0.25) is 11.6 Å². The topological polar surface area (TPSA) is 118 Å². The molecule has 158 valence electrons. The van der Waals surface area contributed by atoms with Crippen LogP contribution >= 0.6 is 0 Å². The van der Waals surface area contributed by atoms with E-state index in [1.54, 1.807) is 13.8 Å². The van der Waals surface area contributed by atoms with E-state index in [0.29, 0.717) is 17.1 Å². The zero-order valence-corrected chi connectivity index (χ0v) is 16.1. The normalized spacial score (nSPS) is 19.8. The number of carboxylic acid groups (broad SMARTS) is 2. The molecule has 0 saturated carbocycles. The summed E-state index contributed by atoms with van der Waals surface area (Å²) < 4.78 is 0. The quantitative estimate of drug-likeness (QED) is 0.230. The van der Waals surface area contributed by atoms with Gasteiger partial charge in [0.05, 0.1) is 5.70 Å². The molecule has 0 aromatic rings. The van der Waals surface area contributed by atoms with Gasteiger partial charge in [-0.25, -0.2) is 0 Å². The van der Waals surface area contributed by atoms with E-state index in [-0.39, 0.29) is 41.8 Å². The summed E-state index contributed by atoms with van der Waals surface area (Å²) in [5, 5.41) is 17.2. The van der Waals surface area contributed by atoms with Gasteiger partial charge in [0.25, 0.3) is 0 Å². The molecule has 0 unspecified atom stereocenters. The number of rotatable bonds is 7. The van der Waals surface area contributed by atoms with Gasteiger partial charge < -0.3 is 24.9 Å². The van der Waals surface area contributed by atoms with E-state index < -0.39 is 17.4 Å². The zero-order valence-electron chi connectivity index (χ0n) is 16.1. The van der Waals surface area contributed by atoms with Crippen molar-refractivity contribution < 1.29 is 29.4 Å². The van der Waals surface area contributed by atoms with Gasteiger partial charge in [-0.1, -0.05) is 13.8 Å². The Balaban J connectivity index is 0.000000222. The smallest absolute Gasteiger partial charge is 0.321 e. The Morgan fingerprint density at radius 1 is 0.862 bits per heavy atom. The second kappa shape index (κ2) is 8.59. The maximum absolute atomic E-state index is 12.4. The fourth-order valence-electron chi connectivity index (χ4n) is 3.22. The summed E-state index contributed by atoms with van der Waals surface area (Å²) in [5.74, 6) is -2.46. The fourth-order valence-corrected chi connectivity index (χ4v) is 3.22. The predicted molar refractivity (Wildman–Crippen MR) is 108 cm³/mol. The van der Waals surface area contributed by atoms with E-state index in [0.717, 1.165) is 39.3 Å². The molecule has 0 spiro atoms. The molecule has 0 bridgehead atoms. The molecule has 0 aromatic heterocycles. The molecular weight excluding hydrogens is 393 g/mol. The third kappa shape index (κ3) is 4.49. The summed E-state index contributed by atoms with van der Waals surface area (Å²) in [6, 6.07) is 0. The van der Waals surface area contributed by atoms with Crippen molar-refractivity contribution in [3.63, 3.8) is 0 Å². The lowest BCUT2D eigenvalue weighted by Gasteiger charge is -2.21. The molecule has 10 heteroatoms. The molecule has 4 rings (SSSR count). The number of allylic oxidation sites excluding steroid dienone is 1. The molecule has 0 radical (unpaired) electrons. The summed E-state index contributed by atoms with van der Waals surface area (Å²) in [7, 11) is 0. The molecule has 3 fully saturated rings. The highest BCUT2D eigenvalue weighted by Gasteiger charge is 2.44. The average Bonchev–Trinajstić information content (AvgIpc) is 3.47. The molecule has 0 atom stereocenters. The molecule has 3 aliphatic heterocycles. The van der Waals surface area contributed by atoms with Gasteiger partial charge in [0.1, 0.15) is 11.4 Å². The Morgan fingerprint density at radius 2 is 1.28 bits per heavy atom. The standard InChI is InChI=1S/C12H13N3O2.C7H12O4.Al.3H/c16-9-7-8(13-1-2-13)12(17)11(15-5-6-15)10(9)14-3-4-14;1-3-7(4-2,5(8)9)6(10)11;;;;/h7H,1-6H2;3-4H2,1-2H3,(H,8,9)(H,10,11);;;;. The summed E-state index contributed by atoms with van der Waals surface area (Å²) in [6.07, 6.45) is 1.76. The Labute approximate surface area is 179 Å². The zero-order chi connectivity index (χ0) is 20.6. The first-order chi connectivity index (χ1) is 13.3. The van der Waals surface area contributed by atoms with Crippen molar-refractivity contribution in [1.82, 2.24) is 14.7 Å². The van der Waals surface area contributed by atoms with Gasteiger partial charge in [-0.05, 0) is 12.8 Å². The number of carbonyl (C=O) groups excluding carboxylic acids is 2. The summed E-state index contributed by atoms with van der Waals surface area (Å²) in [6.45, 7) is 8.53. The minimum atomic E-state index is -1.58. The van der Waals surface area contributed by atoms with Crippen LogP contribution < -0.4 is 0 Å². The first-order valence-electron chi connectivity index (χ1n) is 9.53. The molecular formula is C19H28AlN3O6. The maximum Gasteiger partial charge on any atom is 0.321 e. The van der Waals surface area contributed by atoms with Crippen molar-refractivity contribution >= 4 is 40.9 Å². The highest BCUT2D eigenvalue weighted by molar-refractivity contribution is 6.22. The SMILES string of the molecule is CCC(CC)(C(=O)O)C(=O)O.O=C1C=C(N2CC2)C(=O)C(N2CC2)=C1N1CC1.[AlH3]. The Morgan fingerprint density at radius 3 is 1.59 bits per heavy atom. The number of carboxylic acids is 2. The van der Waals surface area contributed by atoms with Crippen LogP contribution in [0.15, 0.2) is 23.2 Å². The molecule has 3 saturated heterocycles. The number of nitrogens with zero attached hydrogens (tertiary/aromatic N) is 3. The summed E-state index contributed by atoms with van der Waals surface area (Å²) in [4.78, 5) is 51.6. The van der Waals surface area contributed by atoms with Crippen molar-refractivity contribution in [3.05, 3.63) is 23.2 Å². The molecule has 1 aliphatic carbocycles. The number of carbonyl (C=O) groups is 4. The second-order valence-corrected chi connectivity index (χ2v) is 7.28. The van der Waals surface area contributed by atoms with Gasteiger partial charge in [0.15, 0.2) is 22.8 Å². The lowest BCUT2D eigenvalue weighted by atomic mass is 9.83. The number of aliphatic carboxylic acids is 2. The van der Waals surface area contributed by atoms with E-state index in [2.05, 4.69) is 0 Å². The van der Waals surface area contributed by atoms with Crippen molar-refractivity contribution in [1.29, 1.82) is 0 Å². The van der Waals surface area contributed by atoms with E-state index in [1.807, 2.05) is 14.7 Å². The van der Waals surface area contributed by atoms with Gasteiger partial charge >= 0.3 is 11.9 Å². The minimum Gasteiger partial charge on any atom is -0.480 e. The average molecular weight is 421 g/mol. The lowest BCUT2D eigenvalue weighted by molar-refractivity contribution is -0.165. The van der Waals surface area contributed by atoms with Crippen LogP contribution in [0, 0.1) is 5.41 Å². The summed E-state index contributed by atoms with van der Waals surface area (Å²) >= 11 is 0. The molecule has 29 heavy (non-hydrogen) atoms. The maximum atomic E-state index is 12.4. The lowest BCUT2D eigenvalue weighted by Crippen LogP contribution is -2.38. The third-order valence-corrected chi connectivity index (χ3v) is 5.51. The summed E-state index contributed by atoms with van der Waals surface area (Å²) in [5.41, 5.74) is 0.303. The van der Waals surface area contributed by atoms with Crippen LogP contribution in [0.2, 0.25) is 0 Å². The van der Waals surface area contributed by atoms with Gasteiger partial charge in [-0.2, -0.15) is 0 Å². The predicted octanol–water partition coefficient (Wildman–Crippen LogP) is -1.04. The van der Waals surface area contributed by atoms with Gasteiger partial charge in [0, 0.05) is 45.3 Å². The van der Waals surface area contributed by atoms with Crippen molar-refractivity contribution in [2.45, 2.75) is 26.7 Å². The Bertz CT molecular complexity index is 774. The van der Waals surface area contributed by atoms with Crippen LogP contribution in [0.5, 0.6) is 0 Å². The molecule has 3 heterocycles. The highest BCUT2D eigenvalue weighted by Crippen LogP contribution is 2.34. The van der Waals surface area contributed by atoms with Gasteiger partial charge in [-0.15, -0.1) is 0 Å². The molecule has 4 aliphatic rings. The minimum absolute atomic E-state index is 0. The first-order valence-corrected chi connectivity index (χ1v) is 9.53. The van der Waals surface area contributed by atoms with Crippen LogP contribution in [0.25, 0.3) is 0 Å². The van der Waals surface area contributed by atoms with Gasteiger partial charge in [-0.3, -0.25) is 19.2 Å². The van der Waals surface area contributed by atoms with Crippen molar-refractivity contribution in [3.8, 4) is 0 Å². The fraction of sp³-hybridized carbons (Fsp3) is 0.579. The monoisotopic (exact) mass is 421 g/mol. The Hall–Kier alpha value is -2.31. The van der Waals surface area contributed by atoms with Crippen LogP contribution in [-0.4, -0.2) is 105 Å². The first kappa shape index (κ1) is 23.0. The number of hydrogen-bond donors (Lipinski definition) is 2. The molecule has 9 nitrogen and oxygen atoms in total. The van der Waals surface area contributed by atoms with Crippen LogP contribution in [-0.2, 0) is 19.2 Å². The van der Waals surface area contributed by atoms with Crippen LogP contribution in [0.3, 0.4) is 0 Å². The molecule has 0 aromatic carbocycles. The number of Topliss-reactive ketones (excluding diaryl/α,β-unsaturated/α-hetero) is 1. The van der Waals surface area contributed by atoms with E-state index in [9.17, 15) is 19.2 Å². The molecule has 2 N–H and O–H groups in total.